The first-order chi connectivity index (χ1) is 8.34. The molecule has 1 aromatic rings. The molecule has 1 atom stereocenters. The third-order valence-electron chi connectivity index (χ3n) is 3.83. The summed E-state index contributed by atoms with van der Waals surface area (Å²) in [6.07, 6.45) is 2.68. The Balaban J connectivity index is 1.83. The second-order valence-corrected chi connectivity index (χ2v) is 5.16. The van der Waals surface area contributed by atoms with Crippen LogP contribution in [0.1, 0.15) is 24.4 Å². The van der Waals surface area contributed by atoms with Crippen LogP contribution in [0, 0.1) is 5.92 Å². The minimum Gasteiger partial charge on any atom is -0.508 e. The van der Waals surface area contributed by atoms with Gasteiger partial charge in [-0.05, 0) is 36.5 Å². The molecule has 92 valence electrons. The first kappa shape index (κ1) is 11.1. The van der Waals surface area contributed by atoms with Crippen molar-refractivity contribution in [2.75, 3.05) is 26.2 Å². The normalized spacial score (nSPS) is 23.5. The highest BCUT2D eigenvalue weighted by atomic mass is 16.3. The lowest BCUT2D eigenvalue weighted by molar-refractivity contribution is 0.156. The number of piperazine rings is 1. The number of phenols is 1. The number of nitrogens with one attached hydrogen (secondary N) is 1. The molecule has 0 amide bonds. The molecule has 3 nitrogen and oxygen atoms in total. The van der Waals surface area contributed by atoms with Gasteiger partial charge in [-0.3, -0.25) is 4.90 Å². The van der Waals surface area contributed by atoms with E-state index in [2.05, 4.69) is 16.3 Å². The molecule has 2 N–H and O–H groups in total. The molecule has 0 radical (unpaired) electrons. The topological polar surface area (TPSA) is 35.5 Å². The Hall–Kier alpha value is -1.06. The molecule has 3 rings (SSSR count). The molecule has 1 heterocycles. The van der Waals surface area contributed by atoms with Crippen LogP contribution >= 0.6 is 0 Å². The maximum absolute atomic E-state index is 9.63. The summed E-state index contributed by atoms with van der Waals surface area (Å²) < 4.78 is 0. The van der Waals surface area contributed by atoms with Crippen molar-refractivity contribution in [2.24, 2.45) is 5.92 Å². The number of hydrogen-bond acceptors (Lipinski definition) is 3. The van der Waals surface area contributed by atoms with E-state index in [1.807, 2.05) is 12.1 Å². The van der Waals surface area contributed by atoms with Crippen molar-refractivity contribution in [3.63, 3.8) is 0 Å². The third kappa shape index (κ3) is 2.45. The van der Waals surface area contributed by atoms with Crippen LogP contribution in [-0.2, 0) is 0 Å². The third-order valence-corrected chi connectivity index (χ3v) is 3.83. The van der Waals surface area contributed by atoms with Crippen LogP contribution in [-0.4, -0.2) is 36.2 Å². The van der Waals surface area contributed by atoms with Crippen molar-refractivity contribution < 1.29 is 5.11 Å². The van der Waals surface area contributed by atoms with Crippen LogP contribution in [0.4, 0.5) is 0 Å². The second kappa shape index (κ2) is 4.67. The zero-order valence-corrected chi connectivity index (χ0v) is 10.1. The van der Waals surface area contributed by atoms with Crippen LogP contribution in [0.15, 0.2) is 24.3 Å². The average molecular weight is 232 g/mol. The fourth-order valence-corrected chi connectivity index (χ4v) is 2.86. The van der Waals surface area contributed by atoms with Crippen molar-refractivity contribution in [3.8, 4) is 5.75 Å². The predicted octanol–water partition coefficient (Wildman–Crippen LogP) is 1.75. The quantitative estimate of drug-likeness (QED) is 0.833. The maximum Gasteiger partial charge on any atom is 0.115 e. The van der Waals surface area contributed by atoms with Crippen LogP contribution < -0.4 is 5.32 Å². The van der Waals surface area contributed by atoms with Gasteiger partial charge < -0.3 is 10.4 Å². The van der Waals surface area contributed by atoms with E-state index in [4.69, 9.17) is 0 Å². The Morgan fingerprint density at radius 3 is 2.65 bits per heavy atom. The molecule has 1 aliphatic heterocycles. The number of rotatable bonds is 3. The van der Waals surface area contributed by atoms with Gasteiger partial charge in [-0.15, -0.1) is 0 Å². The highest BCUT2D eigenvalue weighted by Gasteiger charge is 2.36. The molecule has 0 unspecified atom stereocenters. The minimum absolute atomic E-state index is 0.392. The number of aromatic hydroxyl groups is 1. The van der Waals surface area contributed by atoms with Gasteiger partial charge in [0.1, 0.15) is 5.75 Å². The molecule has 2 fully saturated rings. The lowest BCUT2D eigenvalue weighted by atomic mass is 9.99. The van der Waals surface area contributed by atoms with E-state index in [0.29, 0.717) is 11.8 Å². The molecule has 1 aliphatic carbocycles. The van der Waals surface area contributed by atoms with Gasteiger partial charge in [0.25, 0.3) is 0 Å². The summed E-state index contributed by atoms with van der Waals surface area (Å²) >= 11 is 0. The zero-order valence-electron chi connectivity index (χ0n) is 10.1. The summed E-state index contributed by atoms with van der Waals surface area (Å²) in [5.74, 6) is 1.19. The average Bonchev–Trinajstić information content (AvgIpc) is 3.15. The van der Waals surface area contributed by atoms with Gasteiger partial charge in [-0.2, -0.15) is 0 Å². The summed E-state index contributed by atoms with van der Waals surface area (Å²) in [4.78, 5) is 2.57. The van der Waals surface area contributed by atoms with E-state index in [-0.39, 0.29) is 0 Å². The fourth-order valence-electron chi connectivity index (χ4n) is 2.86. The molecular formula is C14H20N2O. The Kier molecular flexibility index (Phi) is 3.04. The standard InChI is InChI=1S/C14H20N2O/c17-13-3-1-2-12(10-13)14(11-4-5-11)16-8-6-15-7-9-16/h1-3,10-11,14-15,17H,4-9H2/t14-/m0/s1. The smallest absolute Gasteiger partial charge is 0.115 e. The van der Waals surface area contributed by atoms with Gasteiger partial charge in [0.2, 0.25) is 0 Å². The Bertz CT molecular complexity index is 384. The first-order valence-electron chi connectivity index (χ1n) is 6.58. The zero-order chi connectivity index (χ0) is 11.7. The van der Waals surface area contributed by atoms with Gasteiger partial charge in [0.05, 0.1) is 0 Å². The van der Waals surface area contributed by atoms with Crippen LogP contribution in [0.25, 0.3) is 0 Å². The summed E-state index contributed by atoms with van der Waals surface area (Å²) in [7, 11) is 0. The number of nitrogens with zero attached hydrogens (tertiary/aromatic N) is 1. The van der Waals surface area contributed by atoms with Gasteiger partial charge in [0, 0.05) is 32.2 Å². The summed E-state index contributed by atoms with van der Waals surface area (Å²) in [5, 5.41) is 13.0. The molecule has 0 spiro atoms. The molecular weight excluding hydrogens is 212 g/mol. The summed E-state index contributed by atoms with van der Waals surface area (Å²) in [6.45, 7) is 4.41. The van der Waals surface area contributed by atoms with Crippen molar-refractivity contribution in [2.45, 2.75) is 18.9 Å². The molecule has 17 heavy (non-hydrogen) atoms. The van der Waals surface area contributed by atoms with Crippen LogP contribution in [0.3, 0.4) is 0 Å². The van der Waals surface area contributed by atoms with Crippen molar-refractivity contribution in [1.82, 2.24) is 10.2 Å². The minimum atomic E-state index is 0.392. The largest absolute Gasteiger partial charge is 0.508 e. The van der Waals surface area contributed by atoms with E-state index >= 15 is 0 Å². The molecule has 2 aliphatic rings. The highest BCUT2D eigenvalue weighted by molar-refractivity contribution is 5.30. The van der Waals surface area contributed by atoms with Crippen molar-refractivity contribution in [1.29, 1.82) is 0 Å². The van der Waals surface area contributed by atoms with E-state index < -0.39 is 0 Å². The van der Waals surface area contributed by atoms with Crippen LogP contribution in [0.5, 0.6) is 5.75 Å². The van der Waals surface area contributed by atoms with E-state index in [1.165, 1.54) is 18.4 Å². The van der Waals surface area contributed by atoms with Gasteiger partial charge in [-0.25, -0.2) is 0 Å². The van der Waals surface area contributed by atoms with Crippen molar-refractivity contribution >= 4 is 0 Å². The van der Waals surface area contributed by atoms with Gasteiger partial charge in [-0.1, -0.05) is 12.1 Å². The molecule has 3 heteroatoms. The predicted molar refractivity (Wildman–Crippen MR) is 68.0 cm³/mol. The first-order valence-corrected chi connectivity index (χ1v) is 6.58. The van der Waals surface area contributed by atoms with Gasteiger partial charge >= 0.3 is 0 Å². The van der Waals surface area contributed by atoms with Crippen molar-refractivity contribution in [3.05, 3.63) is 29.8 Å². The molecule has 1 saturated carbocycles. The fraction of sp³-hybridized carbons (Fsp3) is 0.571. The Morgan fingerprint density at radius 2 is 2.00 bits per heavy atom. The van der Waals surface area contributed by atoms with E-state index in [0.717, 1.165) is 32.1 Å². The summed E-state index contributed by atoms with van der Waals surface area (Å²) in [5.41, 5.74) is 1.29. The monoisotopic (exact) mass is 232 g/mol. The highest BCUT2D eigenvalue weighted by Crippen LogP contribution is 2.45. The Morgan fingerprint density at radius 1 is 1.24 bits per heavy atom. The summed E-state index contributed by atoms with van der Waals surface area (Å²) in [6, 6.07) is 8.33. The number of hydrogen-bond donors (Lipinski definition) is 2. The molecule has 0 bridgehead atoms. The second-order valence-electron chi connectivity index (χ2n) is 5.16. The molecule has 1 aromatic carbocycles. The Labute approximate surface area is 102 Å². The lowest BCUT2D eigenvalue weighted by Crippen LogP contribution is -2.45. The molecule has 1 saturated heterocycles. The van der Waals surface area contributed by atoms with E-state index in [9.17, 15) is 5.11 Å². The number of phenolic OH excluding ortho intramolecular Hbond substituents is 1. The maximum atomic E-state index is 9.63. The van der Waals surface area contributed by atoms with Crippen LogP contribution in [0.2, 0.25) is 0 Å². The SMILES string of the molecule is Oc1cccc([C@H](C2CC2)N2CCNCC2)c1. The lowest BCUT2D eigenvalue weighted by Gasteiger charge is -2.35. The van der Waals surface area contributed by atoms with Gasteiger partial charge in [0.15, 0.2) is 0 Å². The molecule has 0 aromatic heterocycles. The number of benzene rings is 1. The van der Waals surface area contributed by atoms with E-state index in [1.54, 1.807) is 6.07 Å².